The van der Waals surface area contributed by atoms with Gasteiger partial charge in [0.2, 0.25) is 0 Å². The predicted octanol–water partition coefficient (Wildman–Crippen LogP) is 4.53. The zero-order chi connectivity index (χ0) is 14.9. The third kappa shape index (κ3) is 3.85. The molecule has 112 valence electrons. The van der Waals surface area contributed by atoms with Crippen LogP contribution in [0.1, 0.15) is 62.3 Å². The minimum Gasteiger partial charge on any atom is -0.317 e. The molecule has 1 unspecified atom stereocenters. The molecule has 1 heteroatoms. The molecule has 1 aromatic rings. The van der Waals surface area contributed by atoms with Crippen LogP contribution in [0, 0.1) is 19.8 Å². The standard InChI is InChI=1S/C19H31N/c1-13-9-16(19(3,4)5)10-14(2)18(13)12-17(20-6)11-15-7-8-15/h9-10,15,17,20H,7-8,11-12H2,1-6H3. The third-order valence-electron chi connectivity index (χ3n) is 4.74. The molecule has 0 heterocycles. The van der Waals surface area contributed by atoms with Gasteiger partial charge in [-0.1, -0.05) is 45.7 Å². The topological polar surface area (TPSA) is 12.0 Å². The molecule has 1 saturated carbocycles. The molecule has 0 radical (unpaired) electrons. The molecule has 2 rings (SSSR count). The number of hydrogen-bond donors (Lipinski definition) is 1. The van der Waals surface area contributed by atoms with Crippen LogP contribution in [0.5, 0.6) is 0 Å². The lowest BCUT2D eigenvalue weighted by molar-refractivity contribution is 0.488. The first-order valence-corrected chi connectivity index (χ1v) is 8.09. The molecular formula is C19H31N. The van der Waals surface area contributed by atoms with Crippen molar-refractivity contribution < 1.29 is 0 Å². The molecule has 0 amide bonds. The highest BCUT2D eigenvalue weighted by Crippen LogP contribution is 2.35. The van der Waals surface area contributed by atoms with Crippen LogP contribution in [0.4, 0.5) is 0 Å². The van der Waals surface area contributed by atoms with Crippen molar-refractivity contribution in [3.05, 3.63) is 34.4 Å². The van der Waals surface area contributed by atoms with Crippen molar-refractivity contribution in [1.82, 2.24) is 5.32 Å². The number of benzene rings is 1. The van der Waals surface area contributed by atoms with Gasteiger partial charge in [-0.3, -0.25) is 0 Å². The number of nitrogens with one attached hydrogen (secondary N) is 1. The minimum atomic E-state index is 0.241. The molecule has 1 aromatic carbocycles. The van der Waals surface area contributed by atoms with Gasteiger partial charge in [0.05, 0.1) is 0 Å². The van der Waals surface area contributed by atoms with E-state index in [1.807, 2.05) is 0 Å². The van der Waals surface area contributed by atoms with Crippen LogP contribution >= 0.6 is 0 Å². The Kier molecular flexibility index (Phi) is 4.59. The molecule has 1 fully saturated rings. The average Bonchev–Trinajstić information content (AvgIpc) is 3.14. The van der Waals surface area contributed by atoms with Gasteiger partial charge in [-0.25, -0.2) is 0 Å². The second kappa shape index (κ2) is 5.89. The van der Waals surface area contributed by atoms with Crippen molar-refractivity contribution >= 4 is 0 Å². The number of hydrogen-bond acceptors (Lipinski definition) is 1. The Hall–Kier alpha value is -0.820. The normalized spacial score (nSPS) is 17.3. The second-order valence-corrected chi connectivity index (χ2v) is 7.71. The van der Waals surface area contributed by atoms with Gasteiger partial charge in [-0.2, -0.15) is 0 Å². The molecule has 1 N–H and O–H groups in total. The Morgan fingerprint density at radius 2 is 1.70 bits per heavy atom. The molecule has 0 aromatic heterocycles. The third-order valence-corrected chi connectivity index (χ3v) is 4.74. The van der Waals surface area contributed by atoms with Gasteiger partial charge >= 0.3 is 0 Å². The van der Waals surface area contributed by atoms with Crippen molar-refractivity contribution in [3.63, 3.8) is 0 Å². The maximum atomic E-state index is 3.52. The number of rotatable bonds is 5. The average molecular weight is 273 g/mol. The van der Waals surface area contributed by atoms with Gasteiger partial charge in [0.15, 0.2) is 0 Å². The summed E-state index contributed by atoms with van der Waals surface area (Å²) in [5.74, 6) is 0.988. The first-order chi connectivity index (χ1) is 9.31. The van der Waals surface area contributed by atoms with E-state index in [0.717, 1.165) is 5.92 Å². The van der Waals surface area contributed by atoms with Crippen molar-refractivity contribution in [2.24, 2.45) is 5.92 Å². The maximum Gasteiger partial charge on any atom is 0.0107 e. The van der Waals surface area contributed by atoms with Crippen molar-refractivity contribution in [1.29, 1.82) is 0 Å². The molecule has 0 spiro atoms. The lowest BCUT2D eigenvalue weighted by atomic mass is 9.82. The molecule has 1 aliphatic rings. The molecular weight excluding hydrogens is 242 g/mol. The van der Waals surface area contributed by atoms with Crippen LogP contribution in [-0.2, 0) is 11.8 Å². The predicted molar refractivity (Wildman–Crippen MR) is 88.5 cm³/mol. The van der Waals surface area contributed by atoms with E-state index in [1.165, 1.54) is 42.4 Å². The smallest absolute Gasteiger partial charge is 0.0107 e. The Bertz CT molecular complexity index is 440. The van der Waals surface area contributed by atoms with E-state index in [2.05, 4.69) is 59.1 Å². The molecule has 1 nitrogen and oxygen atoms in total. The fraction of sp³-hybridized carbons (Fsp3) is 0.684. The van der Waals surface area contributed by atoms with Crippen LogP contribution in [-0.4, -0.2) is 13.1 Å². The molecule has 20 heavy (non-hydrogen) atoms. The fourth-order valence-corrected chi connectivity index (χ4v) is 3.05. The first-order valence-electron chi connectivity index (χ1n) is 8.09. The van der Waals surface area contributed by atoms with Crippen LogP contribution in [0.3, 0.4) is 0 Å². The monoisotopic (exact) mass is 273 g/mol. The van der Waals surface area contributed by atoms with Gasteiger partial charge in [0.1, 0.15) is 0 Å². The lowest BCUT2D eigenvalue weighted by Crippen LogP contribution is -2.29. The van der Waals surface area contributed by atoms with E-state index in [0.29, 0.717) is 6.04 Å². The second-order valence-electron chi connectivity index (χ2n) is 7.71. The summed E-state index contributed by atoms with van der Waals surface area (Å²) in [6.07, 6.45) is 5.41. The number of aryl methyl sites for hydroxylation is 2. The highest BCUT2D eigenvalue weighted by atomic mass is 14.9. The zero-order valence-corrected chi connectivity index (χ0v) is 14.1. The highest BCUT2D eigenvalue weighted by molar-refractivity contribution is 5.41. The SMILES string of the molecule is CNC(Cc1c(C)cc(C(C)(C)C)cc1C)CC1CC1. The van der Waals surface area contributed by atoms with Gasteiger partial charge in [-0.05, 0) is 67.3 Å². The summed E-state index contributed by atoms with van der Waals surface area (Å²) >= 11 is 0. The molecule has 1 atom stereocenters. The largest absolute Gasteiger partial charge is 0.317 e. The lowest BCUT2D eigenvalue weighted by Gasteiger charge is -2.24. The summed E-state index contributed by atoms with van der Waals surface area (Å²) in [5.41, 5.74) is 6.18. The van der Waals surface area contributed by atoms with Crippen molar-refractivity contribution in [2.75, 3.05) is 7.05 Å². The van der Waals surface area contributed by atoms with E-state index in [1.54, 1.807) is 5.56 Å². The van der Waals surface area contributed by atoms with Crippen molar-refractivity contribution in [2.45, 2.75) is 71.8 Å². The Labute approximate surface area is 125 Å². The van der Waals surface area contributed by atoms with Crippen LogP contribution in [0.2, 0.25) is 0 Å². The zero-order valence-electron chi connectivity index (χ0n) is 14.1. The molecule has 0 bridgehead atoms. The molecule has 0 saturated heterocycles. The Balaban J connectivity index is 2.18. The van der Waals surface area contributed by atoms with Gasteiger partial charge < -0.3 is 5.32 Å². The van der Waals surface area contributed by atoms with Crippen LogP contribution < -0.4 is 5.32 Å². The summed E-state index contributed by atoms with van der Waals surface area (Å²) in [5, 5.41) is 3.52. The maximum absolute atomic E-state index is 3.52. The Morgan fingerprint density at radius 1 is 1.15 bits per heavy atom. The van der Waals surface area contributed by atoms with Crippen LogP contribution in [0.15, 0.2) is 12.1 Å². The number of likely N-dealkylation sites (N-methyl/N-ethyl adjacent to an activating group) is 1. The molecule has 1 aliphatic carbocycles. The highest BCUT2D eigenvalue weighted by Gasteiger charge is 2.25. The van der Waals surface area contributed by atoms with Gasteiger partial charge in [-0.15, -0.1) is 0 Å². The van der Waals surface area contributed by atoms with E-state index < -0.39 is 0 Å². The van der Waals surface area contributed by atoms with E-state index in [9.17, 15) is 0 Å². The quantitative estimate of drug-likeness (QED) is 0.831. The summed E-state index contributed by atoms with van der Waals surface area (Å²) < 4.78 is 0. The van der Waals surface area contributed by atoms with E-state index in [-0.39, 0.29) is 5.41 Å². The summed E-state index contributed by atoms with van der Waals surface area (Å²) in [6, 6.07) is 5.43. The Morgan fingerprint density at radius 3 is 2.10 bits per heavy atom. The van der Waals surface area contributed by atoms with Crippen LogP contribution in [0.25, 0.3) is 0 Å². The fourth-order valence-electron chi connectivity index (χ4n) is 3.05. The summed E-state index contributed by atoms with van der Waals surface area (Å²) in [7, 11) is 2.11. The summed E-state index contributed by atoms with van der Waals surface area (Å²) in [4.78, 5) is 0. The van der Waals surface area contributed by atoms with Gasteiger partial charge in [0.25, 0.3) is 0 Å². The molecule has 0 aliphatic heterocycles. The first kappa shape index (κ1) is 15.6. The van der Waals surface area contributed by atoms with Crippen molar-refractivity contribution in [3.8, 4) is 0 Å². The summed E-state index contributed by atoms with van der Waals surface area (Å²) in [6.45, 7) is 11.4. The van der Waals surface area contributed by atoms with E-state index in [4.69, 9.17) is 0 Å². The van der Waals surface area contributed by atoms with Gasteiger partial charge in [0, 0.05) is 6.04 Å². The minimum absolute atomic E-state index is 0.241. The van der Waals surface area contributed by atoms with E-state index >= 15 is 0 Å².